The van der Waals surface area contributed by atoms with Crippen LogP contribution in [0.4, 0.5) is 0 Å². The van der Waals surface area contributed by atoms with Gasteiger partial charge < -0.3 is 5.73 Å². The van der Waals surface area contributed by atoms with E-state index in [4.69, 9.17) is 5.73 Å². The Hall–Kier alpha value is -0.900. The highest BCUT2D eigenvalue weighted by Gasteiger charge is 2.06. The molecule has 0 amide bonds. The summed E-state index contributed by atoms with van der Waals surface area (Å²) in [5.41, 5.74) is 7.79. The topological polar surface area (TPSA) is 56.7 Å². The van der Waals surface area contributed by atoms with Gasteiger partial charge in [0.2, 0.25) is 0 Å². The number of hydrogen-bond acceptors (Lipinski definition) is 3. The van der Waals surface area contributed by atoms with Crippen molar-refractivity contribution in [2.24, 2.45) is 5.73 Å². The van der Waals surface area contributed by atoms with E-state index in [0.29, 0.717) is 0 Å². The van der Waals surface area contributed by atoms with Gasteiger partial charge in [-0.3, -0.25) is 0 Å². The molecule has 0 atom stereocenters. The first-order valence-electron chi connectivity index (χ1n) is 5.88. The predicted molar refractivity (Wildman–Crippen MR) is 61.7 cm³/mol. The van der Waals surface area contributed by atoms with Gasteiger partial charge in [0.05, 0.1) is 11.4 Å². The van der Waals surface area contributed by atoms with Crippen molar-refractivity contribution in [2.75, 3.05) is 6.54 Å². The minimum atomic E-state index is 0.724. The van der Waals surface area contributed by atoms with Gasteiger partial charge in [0.25, 0.3) is 0 Å². The number of rotatable bonds is 7. The Bertz CT molecular complexity index is 280. The molecule has 4 heteroatoms. The van der Waals surface area contributed by atoms with E-state index in [1.165, 1.54) is 25.0 Å². The Morgan fingerprint density at radius 3 is 2.73 bits per heavy atom. The van der Waals surface area contributed by atoms with Crippen LogP contribution in [-0.4, -0.2) is 21.5 Å². The van der Waals surface area contributed by atoms with Crippen LogP contribution < -0.4 is 5.73 Å². The minimum Gasteiger partial charge on any atom is -0.330 e. The van der Waals surface area contributed by atoms with E-state index in [-0.39, 0.29) is 0 Å². The second kappa shape index (κ2) is 6.56. The van der Waals surface area contributed by atoms with Gasteiger partial charge in [-0.05, 0) is 32.7 Å². The molecule has 1 aromatic heterocycles. The van der Waals surface area contributed by atoms with Crippen LogP contribution in [0.5, 0.6) is 0 Å². The molecule has 0 aliphatic heterocycles. The molecule has 0 fully saturated rings. The highest BCUT2D eigenvalue weighted by Crippen LogP contribution is 2.07. The lowest BCUT2D eigenvalue weighted by Crippen LogP contribution is -2.04. The van der Waals surface area contributed by atoms with E-state index < -0.39 is 0 Å². The summed E-state index contributed by atoms with van der Waals surface area (Å²) in [5, 5.41) is 8.36. The fraction of sp³-hybridized carbons (Fsp3) is 0.818. The molecular formula is C11H22N4. The molecule has 0 aliphatic carbocycles. The van der Waals surface area contributed by atoms with Crippen LogP contribution >= 0.6 is 0 Å². The molecule has 0 aliphatic rings. The van der Waals surface area contributed by atoms with E-state index in [1.807, 2.05) is 4.68 Å². The summed E-state index contributed by atoms with van der Waals surface area (Å²) in [6.07, 6.45) is 5.65. The average molecular weight is 210 g/mol. The summed E-state index contributed by atoms with van der Waals surface area (Å²) in [5.74, 6) is 0. The third-order valence-electron chi connectivity index (χ3n) is 2.67. The second-order valence-electron chi connectivity index (χ2n) is 3.94. The zero-order valence-corrected chi connectivity index (χ0v) is 9.87. The Morgan fingerprint density at radius 2 is 2.07 bits per heavy atom. The van der Waals surface area contributed by atoms with Crippen LogP contribution in [0.2, 0.25) is 0 Å². The second-order valence-corrected chi connectivity index (χ2v) is 3.94. The fourth-order valence-electron chi connectivity index (χ4n) is 1.62. The molecule has 1 rings (SSSR count). The van der Waals surface area contributed by atoms with Gasteiger partial charge in [-0.1, -0.05) is 25.0 Å². The van der Waals surface area contributed by atoms with Crippen LogP contribution in [0.3, 0.4) is 0 Å². The van der Waals surface area contributed by atoms with Crippen LogP contribution in [0.1, 0.15) is 44.0 Å². The van der Waals surface area contributed by atoms with Crippen molar-refractivity contribution in [1.82, 2.24) is 15.0 Å². The van der Waals surface area contributed by atoms with Crippen molar-refractivity contribution in [3.63, 3.8) is 0 Å². The molecule has 0 bridgehead atoms. The summed E-state index contributed by atoms with van der Waals surface area (Å²) in [7, 11) is 0. The van der Waals surface area contributed by atoms with E-state index >= 15 is 0 Å². The summed E-state index contributed by atoms with van der Waals surface area (Å²) >= 11 is 0. The minimum absolute atomic E-state index is 0.724. The van der Waals surface area contributed by atoms with Gasteiger partial charge in [-0.2, -0.15) is 0 Å². The molecule has 0 unspecified atom stereocenters. The van der Waals surface area contributed by atoms with Crippen molar-refractivity contribution >= 4 is 0 Å². The van der Waals surface area contributed by atoms with Gasteiger partial charge in [-0.25, -0.2) is 4.68 Å². The maximum atomic E-state index is 5.48. The molecule has 1 heterocycles. The lowest BCUT2D eigenvalue weighted by atomic mass is 10.2. The number of nitrogens with two attached hydrogens (primary N) is 1. The maximum Gasteiger partial charge on any atom is 0.0856 e. The molecule has 0 saturated carbocycles. The quantitative estimate of drug-likeness (QED) is 0.696. The van der Waals surface area contributed by atoms with Gasteiger partial charge in [0, 0.05) is 6.54 Å². The van der Waals surface area contributed by atoms with Crippen molar-refractivity contribution in [1.29, 1.82) is 0 Å². The highest BCUT2D eigenvalue weighted by atomic mass is 15.4. The predicted octanol–water partition coefficient (Wildman–Crippen LogP) is 1.67. The summed E-state index contributed by atoms with van der Waals surface area (Å²) in [6.45, 7) is 6.02. The normalized spacial score (nSPS) is 10.9. The van der Waals surface area contributed by atoms with Gasteiger partial charge in [-0.15, -0.1) is 5.10 Å². The number of nitrogens with zero attached hydrogens (tertiary/aromatic N) is 3. The smallest absolute Gasteiger partial charge is 0.0856 e. The Kier molecular flexibility index (Phi) is 5.32. The van der Waals surface area contributed by atoms with E-state index in [2.05, 4.69) is 24.2 Å². The van der Waals surface area contributed by atoms with Gasteiger partial charge in [0.1, 0.15) is 0 Å². The van der Waals surface area contributed by atoms with Crippen LogP contribution in [0, 0.1) is 6.92 Å². The molecule has 1 aromatic rings. The van der Waals surface area contributed by atoms with Crippen LogP contribution in [0.25, 0.3) is 0 Å². The average Bonchev–Trinajstić information content (AvgIpc) is 2.58. The third-order valence-corrected chi connectivity index (χ3v) is 2.67. The number of aryl methyl sites for hydroxylation is 2. The SMILES string of the molecule is CCCCCn1nnc(CCCN)c1C. The molecule has 4 nitrogen and oxygen atoms in total. The summed E-state index contributed by atoms with van der Waals surface area (Å²) < 4.78 is 2.02. The van der Waals surface area contributed by atoms with E-state index in [9.17, 15) is 0 Å². The standard InChI is InChI=1S/C11H22N4/c1-3-4-5-9-15-10(2)11(13-14-15)7-6-8-12/h3-9,12H2,1-2H3. The first kappa shape index (κ1) is 12.2. The Morgan fingerprint density at radius 1 is 1.27 bits per heavy atom. The molecule has 15 heavy (non-hydrogen) atoms. The van der Waals surface area contributed by atoms with Gasteiger partial charge >= 0.3 is 0 Å². The first-order chi connectivity index (χ1) is 7.29. The fourth-order valence-corrected chi connectivity index (χ4v) is 1.62. The summed E-state index contributed by atoms with van der Waals surface area (Å²) in [6, 6.07) is 0. The van der Waals surface area contributed by atoms with Crippen LogP contribution in [0.15, 0.2) is 0 Å². The molecular weight excluding hydrogens is 188 g/mol. The Labute approximate surface area is 91.9 Å². The first-order valence-corrected chi connectivity index (χ1v) is 5.88. The Balaban J connectivity index is 2.47. The van der Waals surface area contributed by atoms with E-state index in [0.717, 1.165) is 31.6 Å². The number of aromatic nitrogens is 3. The molecule has 2 N–H and O–H groups in total. The molecule has 0 aromatic carbocycles. The zero-order chi connectivity index (χ0) is 11.1. The number of hydrogen-bond donors (Lipinski definition) is 1. The van der Waals surface area contributed by atoms with Crippen molar-refractivity contribution < 1.29 is 0 Å². The zero-order valence-electron chi connectivity index (χ0n) is 9.87. The molecule has 86 valence electrons. The largest absolute Gasteiger partial charge is 0.330 e. The van der Waals surface area contributed by atoms with Crippen molar-refractivity contribution in [3.05, 3.63) is 11.4 Å². The molecule has 0 spiro atoms. The third kappa shape index (κ3) is 3.63. The highest BCUT2D eigenvalue weighted by molar-refractivity contribution is 5.07. The molecule has 0 saturated heterocycles. The molecule has 0 radical (unpaired) electrons. The van der Waals surface area contributed by atoms with Crippen molar-refractivity contribution in [3.8, 4) is 0 Å². The monoisotopic (exact) mass is 210 g/mol. The number of unbranched alkanes of at least 4 members (excludes halogenated alkanes) is 2. The summed E-state index contributed by atoms with van der Waals surface area (Å²) in [4.78, 5) is 0. The van der Waals surface area contributed by atoms with Crippen molar-refractivity contribution in [2.45, 2.75) is 52.5 Å². The van der Waals surface area contributed by atoms with Gasteiger partial charge in [0.15, 0.2) is 0 Å². The van der Waals surface area contributed by atoms with Crippen LogP contribution in [-0.2, 0) is 13.0 Å². The van der Waals surface area contributed by atoms with E-state index in [1.54, 1.807) is 0 Å². The maximum absolute atomic E-state index is 5.48. The lowest BCUT2D eigenvalue weighted by Gasteiger charge is -2.02. The lowest BCUT2D eigenvalue weighted by molar-refractivity contribution is 0.527.